The van der Waals surface area contributed by atoms with Crippen molar-refractivity contribution in [3.8, 4) is 5.69 Å². The van der Waals surface area contributed by atoms with Crippen molar-refractivity contribution in [2.75, 3.05) is 11.1 Å². The lowest BCUT2D eigenvalue weighted by atomic mass is 10.3. The maximum Gasteiger partial charge on any atom is 0.357 e. The second kappa shape index (κ2) is 8.17. The number of carbonyl (C=O) groups is 1. The summed E-state index contributed by atoms with van der Waals surface area (Å²) in [6.45, 7) is -0.158. The SMILES string of the molecule is Nc1nc(COC(=O)c2cncn2-c2ccccc2)nc(Nc2ccccc2)n1. The Morgan fingerprint density at radius 3 is 2.48 bits per heavy atom. The molecule has 2 aromatic heterocycles. The van der Waals surface area contributed by atoms with Crippen molar-refractivity contribution in [1.29, 1.82) is 0 Å². The third kappa shape index (κ3) is 4.35. The first-order valence-corrected chi connectivity index (χ1v) is 8.76. The standard InChI is InChI=1S/C20H17N7O2/c21-19-24-17(25-20(26-19)23-14-7-3-1-4-8-14)12-29-18(28)16-11-22-13-27(16)15-9-5-2-6-10-15/h1-11,13H,12H2,(H3,21,23,24,25,26). The molecular formula is C20H17N7O2. The van der Waals surface area contributed by atoms with E-state index in [4.69, 9.17) is 10.5 Å². The second-order valence-corrected chi connectivity index (χ2v) is 5.99. The zero-order valence-electron chi connectivity index (χ0n) is 15.3. The first-order chi connectivity index (χ1) is 14.2. The molecule has 0 atom stereocenters. The summed E-state index contributed by atoms with van der Waals surface area (Å²) >= 11 is 0. The van der Waals surface area contributed by atoms with Crippen LogP contribution in [0.5, 0.6) is 0 Å². The number of aromatic nitrogens is 5. The van der Waals surface area contributed by atoms with E-state index in [1.807, 2.05) is 60.7 Å². The highest BCUT2D eigenvalue weighted by Crippen LogP contribution is 2.15. The van der Waals surface area contributed by atoms with Crippen LogP contribution in [0.2, 0.25) is 0 Å². The molecule has 2 heterocycles. The van der Waals surface area contributed by atoms with Crippen LogP contribution in [0.4, 0.5) is 17.6 Å². The number of esters is 1. The summed E-state index contributed by atoms with van der Waals surface area (Å²) in [6.07, 6.45) is 2.99. The third-order valence-electron chi connectivity index (χ3n) is 3.94. The molecule has 0 unspecified atom stereocenters. The van der Waals surface area contributed by atoms with E-state index in [1.165, 1.54) is 6.20 Å². The van der Waals surface area contributed by atoms with E-state index in [1.54, 1.807) is 10.9 Å². The van der Waals surface area contributed by atoms with Crippen LogP contribution in [-0.4, -0.2) is 30.5 Å². The number of nitrogens with two attached hydrogens (primary N) is 1. The van der Waals surface area contributed by atoms with Gasteiger partial charge >= 0.3 is 5.97 Å². The smallest absolute Gasteiger partial charge is 0.357 e. The third-order valence-corrected chi connectivity index (χ3v) is 3.94. The highest BCUT2D eigenvalue weighted by atomic mass is 16.5. The monoisotopic (exact) mass is 387 g/mol. The van der Waals surface area contributed by atoms with Crippen LogP contribution in [0.1, 0.15) is 16.3 Å². The van der Waals surface area contributed by atoms with Gasteiger partial charge in [-0.2, -0.15) is 15.0 Å². The fourth-order valence-corrected chi connectivity index (χ4v) is 2.65. The molecule has 0 bridgehead atoms. The molecule has 0 aliphatic carbocycles. The summed E-state index contributed by atoms with van der Waals surface area (Å²) < 4.78 is 7.00. The molecule has 0 saturated heterocycles. The lowest BCUT2D eigenvalue weighted by molar-refractivity contribution is 0.0452. The van der Waals surface area contributed by atoms with Crippen molar-refractivity contribution >= 4 is 23.6 Å². The van der Waals surface area contributed by atoms with Gasteiger partial charge < -0.3 is 15.8 Å². The minimum atomic E-state index is -0.553. The predicted octanol–water partition coefficient (Wildman–Crippen LogP) is 2.74. The van der Waals surface area contributed by atoms with Gasteiger partial charge in [0, 0.05) is 11.4 Å². The summed E-state index contributed by atoms with van der Waals surface area (Å²) in [4.78, 5) is 28.9. The molecule has 29 heavy (non-hydrogen) atoms. The summed E-state index contributed by atoms with van der Waals surface area (Å²) in [5.41, 5.74) is 7.65. The van der Waals surface area contributed by atoms with E-state index in [2.05, 4.69) is 25.3 Å². The zero-order chi connectivity index (χ0) is 20.1. The van der Waals surface area contributed by atoms with Gasteiger partial charge in [-0.3, -0.25) is 4.57 Å². The minimum Gasteiger partial charge on any atom is -0.453 e. The van der Waals surface area contributed by atoms with Gasteiger partial charge in [0.15, 0.2) is 18.1 Å². The lowest BCUT2D eigenvalue weighted by Gasteiger charge is -2.09. The molecule has 9 nitrogen and oxygen atoms in total. The number of nitrogens with zero attached hydrogens (tertiary/aromatic N) is 5. The van der Waals surface area contributed by atoms with E-state index in [9.17, 15) is 4.79 Å². The molecule has 0 spiro atoms. The van der Waals surface area contributed by atoms with E-state index in [0.717, 1.165) is 11.4 Å². The summed E-state index contributed by atoms with van der Waals surface area (Å²) in [5.74, 6) is -0.0270. The van der Waals surface area contributed by atoms with Crippen molar-refractivity contribution in [3.63, 3.8) is 0 Å². The van der Waals surface area contributed by atoms with Crippen molar-refractivity contribution in [2.24, 2.45) is 0 Å². The summed E-state index contributed by atoms with van der Waals surface area (Å²) in [5, 5.41) is 3.03. The van der Waals surface area contributed by atoms with Crippen molar-refractivity contribution in [1.82, 2.24) is 24.5 Å². The Kier molecular flexibility index (Phi) is 5.10. The summed E-state index contributed by atoms with van der Waals surface area (Å²) in [7, 11) is 0. The molecule has 0 saturated carbocycles. The highest BCUT2D eigenvalue weighted by Gasteiger charge is 2.16. The topological polar surface area (TPSA) is 121 Å². The predicted molar refractivity (Wildman–Crippen MR) is 107 cm³/mol. The molecule has 4 aromatic rings. The average molecular weight is 387 g/mol. The van der Waals surface area contributed by atoms with E-state index >= 15 is 0 Å². The first kappa shape index (κ1) is 18.1. The number of nitrogen functional groups attached to an aromatic ring is 1. The van der Waals surface area contributed by atoms with Crippen LogP contribution in [0.15, 0.2) is 73.2 Å². The number of carbonyl (C=O) groups excluding carboxylic acids is 1. The molecule has 9 heteroatoms. The molecule has 2 aromatic carbocycles. The largest absolute Gasteiger partial charge is 0.453 e. The molecular weight excluding hydrogens is 370 g/mol. The number of rotatable bonds is 6. The van der Waals surface area contributed by atoms with Gasteiger partial charge in [0.1, 0.15) is 0 Å². The first-order valence-electron chi connectivity index (χ1n) is 8.76. The van der Waals surface area contributed by atoms with Crippen LogP contribution in [-0.2, 0) is 11.3 Å². The molecule has 0 radical (unpaired) electrons. The fourth-order valence-electron chi connectivity index (χ4n) is 2.65. The Labute approximate surface area is 166 Å². The number of hydrogen-bond acceptors (Lipinski definition) is 8. The van der Waals surface area contributed by atoms with Gasteiger partial charge in [-0.05, 0) is 24.3 Å². The Morgan fingerprint density at radius 2 is 1.72 bits per heavy atom. The van der Waals surface area contributed by atoms with Crippen molar-refractivity contribution in [2.45, 2.75) is 6.61 Å². The number of para-hydroxylation sites is 2. The van der Waals surface area contributed by atoms with Crippen LogP contribution < -0.4 is 11.1 Å². The number of ether oxygens (including phenoxy) is 1. The highest BCUT2D eigenvalue weighted by molar-refractivity contribution is 5.88. The van der Waals surface area contributed by atoms with Gasteiger partial charge in [0.05, 0.1) is 12.5 Å². The Hall–Kier alpha value is -4.27. The number of benzene rings is 2. The molecule has 144 valence electrons. The second-order valence-electron chi connectivity index (χ2n) is 5.99. The fraction of sp³-hybridized carbons (Fsp3) is 0.0500. The zero-order valence-corrected chi connectivity index (χ0v) is 15.3. The van der Waals surface area contributed by atoms with E-state index in [0.29, 0.717) is 5.69 Å². The molecule has 0 fully saturated rings. The van der Waals surface area contributed by atoms with Gasteiger partial charge in [0.2, 0.25) is 11.9 Å². The van der Waals surface area contributed by atoms with Crippen LogP contribution in [0.3, 0.4) is 0 Å². The molecule has 4 rings (SSSR count). The minimum absolute atomic E-state index is 0.0267. The normalized spacial score (nSPS) is 10.5. The number of imidazole rings is 1. The number of nitrogens with one attached hydrogen (secondary N) is 1. The Balaban J connectivity index is 1.47. The van der Waals surface area contributed by atoms with Crippen LogP contribution >= 0.6 is 0 Å². The molecule has 0 aliphatic rings. The number of anilines is 3. The lowest BCUT2D eigenvalue weighted by Crippen LogP contribution is -2.13. The number of hydrogen-bond donors (Lipinski definition) is 2. The maximum absolute atomic E-state index is 12.5. The van der Waals surface area contributed by atoms with Crippen LogP contribution in [0, 0.1) is 0 Å². The maximum atomic E-state index is 12.5. The van der Waals surface area contributed by atoms with Crippen LogP contribution in [0.25, 0.3) is 5.69 Å². The Bertz CT molecular complexity index is 1110. The molecule has 0 aliphatic heterocycles. The Morgan fingerprint density at radius 1 is 1.00 bits per heavy atom. The molecule has 3 N–H and O–H groups in total. The quantitative estimate of drug-likeness (QED) is 0.485. The molecule has 0 amide bonds. The van der Waals surface area contributed by atoms with E-state index < -0.39 is 5.97 Å². The van der Waals surface area contributed by atoms with Gasteiger partial charge in [-0.15, -0.1) is 0 Å². The average Bonchev–Trinajstić information content (AvgIpc) is 3.23. The van der Waals surface area contributed by atoms with Crippen molar-refractivity contribution < 1.29 is 9.53 Å². The van der Waals surface area contributed by atoms with Gasteiger partial charge in [-0.25, -0.2) is 9.78 Å². The van der Waals surface area contributed by atoms with Gasteiger partial charge in [-0.1, -0.05) is 36.4 Å². The van der Waals surface area contributed by atoms with Gasteiger partial charge in [0.25, 0.3) is 0 Å². The van der Waals surface area contributed by atoms with Crippen molar-refractivity contribution in [3.05, 3.63) is 84.7 Å². The summed E-state index contributed by atoms with van der Waals surface area (Å²) in [6, 6.07) is 18.8. The van der Waals surface area contributed by atoms with E-state index in [-0.39, 0.29) is 24.3 Å².